The van der Waals surface area contributed by atoms with Gasteiger partial charge in [-0.1, -0.05) is 29.8 Å². The molecule has 0 aliphatic carbocycles. The molecule has 2 aromatic rings. The lowest BCUT2D eigenvalue weighted by atomic mass is 10.1. The fourth-order valence-electron chi connectivity index (χ4n) is 3.48. The third kappa shape index (κ3) is 5.23. The zero-order valence-electron chi connectivity index (χ0n) is 16.3. The van der Waals surface area contributed by atoms with Gasteiger partial charge in [-0.25, -0.2) is 0 Å². The van der Waals surface area contributed by atoms with Crippen LogP contribution in [0, 0.1) is 20.8 Å². The van der Waals surface area contributed by atoms with E-state index in [1.807, 2.05) is 24.3 Å². The first kappa shape index (κ1) is 19.2. The molecule has 1 heterocycles. The van der Waals surface area contributed by atoms with Crippen molar-refractivity contribution in [1.82, 2.24) is 0 Å². The van der Waals surface area contributed by atoms with Crippen LogP contribution >= 0.6 is 0 Å². The van der Waals surface area contributed by atoms with E-state index >= 15 is 0 Å². The highest BCUT2D eigenvalue weighted by molar-refractivity contribution is 5.95. The molecule has 1 fully saturated rings. The third-order valence-electron chi connectivity index (χ3n) is 4.71. The molecule has 0 bridgehead atoms. The van der Waals surface area contributed by atoms with Crippen LogP contribution in [0.15, 0.2) is 36.4 Å². The van der Waals surface area contributed by atoms with Gasteiger partial charge in [-0.15, -0.1) is 0 Å². The molecule has 1 amide bonds. The largest absolute Gasteiger partial charge is 0.489 e. The van der Waals surface area contributed by atoms with E-state index in [9.17, 15) is 4.79 Å². The summed E-state index contributed by atoms with van der Waals surface area (Å²) in [7, 11) is 0. The molecule has 1 aliphatic heterocycles. The van der Waals surface area contributed by atoms with Crippen molar-refractivity contribution < 1.29 is 14.3 Å². The molecule has 5 nitrogen and oxygen atoms in total. The van der Waals surface area contributed by atoms with Crippen LogP contribution in [0.3, 0.4) is 0 Å². The predicted octanol–water partition coefficient (Wildman–Crippen LogP) is 4.22. The molecule has 1 atom stereocenters. The number of carbonyl (C=O) groups excluding carboxylic acids is 1. The summed E-state index contributed by atoms with van der Waals surface area (Å²) in [6, 6.07) is 11.7. The van der Waals surface area contributed by atoms with Crippen LogP contribution in [0.4, 0.5) is 11.4 Å². The van der Waals surface area contributed by atoms with Crippen LogP contribution in [-0.4, -0.2) is 31.8 Å². The van der Waals surface area contributed by atoms with E-state index in [4.69, 9.17) is 9.47 Å². The SMILES string of the molecule is Cc1cc(C)c(NCC(=O)Nc2ccccc2OCC2CCCO2)c(C)c1. The Hall–Kier alpha value is -2.53. The molecule has 3 rings (SSSR count). The second-order valence-corrected chi connectivity index (χ2v) is 7.12. The zero-order valence-corrected chi connectivity index (χ0v) is 16.3. The molecule has 144 valence electrons. The number of aryl methyl sites for hydroxylation is 3. The first-order valence-electron chi connectivity index (χ1n) is 9.48. The van der Waals surface area contributed by atoms with Gasteiger partial charge in [0.1, 0.15) is 12.4 Å². The number of hydrogen-bond acceptors (Lipinski definition) is 4. The number of amides is 1. The van der Waals surface area contributed by atoms with Gasteiger partial charge in [0.25, 0.3) is 0 Å². The molecule has 1 saturated heterocycles. The average Bonchev–Trinajstić information content (AvgIpc) is 3.13. The van der Waals surface area contributed by atoms with Crippen LogP contribution in [0.5, 0.6) is 5.75 Å². The number of anilines is 2. The van der Waals surface area contributed by atoms with Crippen molar-refractivity contribution in [1.29, 1.82) is 0 Å². The Labute approximate surface area is 161 Å². The van der Waals surface area contributed by atoms with Crippen molar-refractivity contribution in [2.24, 2.45) is 0 Å². The molecule has 0 aromatic heterocycles. The molecule has 0 spiro atoms. The minimum atomic E-state index is -0.109. The lowest BCUT2D eigenvalue weighted by Gasteiger charge is -2.16. The minimum absolute atomic E-state index is 0.109. The Bertz CT molecular complexity index is 775. The number of carbonyl (C=O) groups is 1. The first-order chi connectivity index (χ1) is 13.0. The maximum atomic E-state index is 12.4. The number of nitrogens with one attached hydrogen (secondary N) is 2. The Morgan fingerprint density at radius 3 is 2.63 bits per heavy atom. The Morgan fingerprint density at radius 1 is 1.19 bits per heavy atom. The Balaban J connectivity index is 1.58. The monoisotopic (exact) mass is 368 g/mol. The normalized spacial score (nSPS) is 16.2. The van der Waals surface area contributed by atoms with Gasteiger partial charge in [0.2, 0.25) is 5.91 Å². The Kier molecular flexibility index (Phi) is 6.35. The standard InChI is InChI=1S/C22H28N2O3/c1-15-11-16(2)22(17(3)12-15)23-13-21(25)24-19-8-4-5-9-20(19)27-14-18-7-6-10-26-18/h4-5,8-9,11-12,18,23H,6-7,10,13-14H2,1-3H3,(H,24,25). The summed E-state index contributed by atoms with van der Waals surface area (Å²) < 4.78 is 11.5. The number of ether oxygens (including phenoxy) is 2. The molecule has 2 aromatic carbocycles. The van der Waals surface area contributed by atoms with E-state index in [1.54, 1.807) is 0 Å². The second kappa shape index (κ2) is 8.91. The maximum Gasteiger partial charge on any atom is 0.243 e. The predicted molar refractivity (Wildman–Crippen MR) is 109 cm³/mol. The number of hydrogen-bond donors (Lipinski definition) is 2. The molecule has 1 unspecified atom stereocenters. The van der Waals surface area contributed by atoms with Gasteiger partial charge < -0.3 is 20.1 Å². The quantitative estimate of drug-likeness (QED) is 0.768. The lowest BCUT2D eigenvalue weighted by molar-refractivity contribution is -0.114. The van der Waals surface area contributed by atoms with E-state index < -0.39 is 0 Å². The van der Waals surface area contributed by atoms with Gasteiger partial charge in [0.05, 0.1) is 18.3 Å². The van der Waals surface area contributed by atoms with Crippen molar-refractivity contribution in [2.75, 3.05) is 30.4 Å². The van der Waals surface area contributed by atoms with Crippen LogP contribution in [-0.2, 0) is 9.53 Å². The van der Waals surface area contributed by atoms with E-state index in [2.05, 4.69) is 43.5 Å². The highest BCUT2D eigenvalue weighted by atomic mass is 16.5. The topological polar surface area (TPSA) is 59.6 Å². The van der Waals surface area contributed by atoms with Gasteiger partial charge in [0, 0.05) is 12.3 Å². The summed E-state index contributed by atoms with van der Waals surface area (Å²) in [5, 5.41) is 6.19. The summed E-state index contributed by atoms with van der Waals surface area (Å²) in [5.74, 6) is 0.562. The smallest absolute Gasteiger partial charge is 0.243 e. The first-order valence-corrected chi connectivity index (χ1v) is 9.48. The summed E-state index contributed by atoms with van der Waals surface area (Å²) in [5.41, 5.74) is 5.19. The van der Waals surface area contributed by atoms with Gasteiger partial charge in [-0.3, -0.25) is 4.79 Å². The van der Waals surface area contributed by atoms with E-state index in [-0.39, 0.29) is 18.6 Å². The molecule has 27 heavy (non-hydrogen) atoms. The number of rotatable bonds is 7. The van der Waals surface area contributed by atoms with Gasteiger partial charge in [-0.2, -0.15) is 0 Å². The molecular weight excluding hydrogens is 340 g/mol. The summed E-state index contributed by atoms with van der Waals surface area (Å²) in [6.45, 7) is 7.68. The van der Waals surface area contributed by atoms with Crippen LogP contribution < -0.4 is 15.4 Å². The van der Waals surface area contributed by atoms with Crippen molar-refractivity contribution in [3.05, 3.63) is 53.1 Å². The number of benzene rings is 2. The minimum Gasteiger partial charge on any atom is -0.489 e. The molecular formula is C22H28N2O3. The van der Waals surface area contributed by atoms with Gasteiger partial charge in [0.15, 0.2) is 0 Å². The van der Waals surface area contributed by atoms with E-state index in [1.165, 1.54) is 5.56 Å². The molecule has 0 radical (unpaired) electrons. The number of para-hydroxylation sites is 2. The van der Waals surface area contributed by atoms with Gasteiger partial charge >= 0.3 is 0 Å². The molecule has 0 saturated carbocycles. The lowest BCUT2D eigenvalue weighted by Crippen LogP contribution is -2.23. The van der Waals surface area contributed by atoms with E-state index in [0.29, 0.717) is 18.0 Å². The van der Waals surface area contributed by atoms with Crippen molar-refractivity contribution in [2.45, 2.75) is 39.7 Å². The Morgan fingerprint density at radius 2 is 1.93 bits per heavy atom. The second-order valence-electron chi connectivity index (χ2n) is 7.12. The van der Waals surface area contributed by atoms with Crippen LogP contribution in [0.25, 0.3) is 0 Å². The summed E-state index contributed by atoms with van der Waals surface area (Å²) in [6.07, 6.45) is 2.24. The zero-order chi connectivity index (χ0) is 19.2. The fraction of sp³-hybridized carbons (Fsp3) is 0.409. The highest BCUT2D eigenvalue weighted by Gasteiger charge is 2.17. The summed E-state index contributed by atoms with van der Waals surface area (Å²) in [4.78, 5) is 12.4. The molecule has 2 N–H and O–H groups in total. The van der Waals surface area contributed by atoms with Crippen molar-refractivity contribution in [3.63, 3.8) is 0 Å². The summed E-state index contributed by atoms with van der Waals surface area (Å²) >= 11 is 0. The van der Waals surface area contributed by atoms with E-state index in [0.717, 1.165) is 36.3 Å². The van der Waals surface area contributed by atoms with Crippen LogP contribution in [0.2, 0.25) is 0 Å². The van der Waals surface area contributed by atoms with Gasteiger partial charge in [-0.05, 0) is 56.9 Å². The van der Waals surface area contributed by atoms with Crippen LogP contribution in [0.1, 0.15) is 29.5 Å². The average molecular weight is 368 g/mol. The highest BCUT2D eigenvalue weighted by Crippen LogP contribution is 2.25. The molecule has 5 heteroatoms. The fourth-order valence-corrected chi connectivity index (χ4v) is 3.48. The maximum absolute atomic E-state index is 12.4. The van der Waals surface area contributed by atoms with Crippen molar-refractivity contribution in [3.8, 4) is 5.75 Å². The third-order valence-corrected chi connectivity index (χ3v) is 4.71. The van der Waals surface area contributed by atoms with Crippen molar-refractivity contribution >= 4 is 17.3 Å². The molecule has 1 aliphatic rings.